The Balaban J connectivity index is 0.962. The van der Waals surface area contributed by atoms with Crippen molar-refractivity contribution < 1.29 is 42.6 Å². The standard InChI is InChI=1S/C42H61N11O9/c1-33(30-52-32-46-49-50-52)62-40-26-34(4-5-35(40)27-43)36-28-44-42(45-29-36)47-39-31-53(38-8-6-37(7-9-38)51-10-14-56-15-11-51)48-41(39)61-13-3-12-55-18-19-58-22-23-60-25-24-59-21-20-57-17-16-54-2/h4-5,26,28-29,31-33,37-38H,3,6-25,30H2,1-2H3,(H,44,45,47)/t33-,37?,38?/m0/s1. The maximum absolute atomic E-state index is 9.74. The van der Waals surface area contributed by atoms with Crippen molar-refractivity contribution in [3.8, 4) is 28.8 Å². The van der Waals surface area contributed by atoms with Crippen LogP contribution in [0, 0.1) is 11.3 Å². The molecule has 6 rings (SSSR count). The van der Waals surface area contributed by atoms with E-state index >= 15 is 0 Å². The molecule has 20 nitrogen and oxygen atoms in total. The van der Waals surface area contributed by atoms with Gasteiger partial charge in [-0.25, -0.2) is 14.6 Å². The van der Waals surface area contributed by atoms with E-state index in [1.807, 2.05) is 29.9 Å². The summed E-state index contributed by atoms with van der Waals surface area (Å²) in [5, 5.41) is 29.2. The van der Waals surface area contributed by atoms with Gasteiger partial charge in [0.15, 0.2) is 0 Å². The number of hydrogen-bond acceptors (Lipinski definition) is 18. The van der Waals surface area contributed by atoms with Crippen LogP contribution in [0.2, 0.25) is 0 Å². The van der Waals surface area contributed by atoms with Gasteiger partial charge < -0.3 is 47.9 Å². The second-order valence-electron chi connectivity index (χ2n) is 14.9. The lowest BCUT2D eigenvalue weighted by Gasteiger charge is -2.38. The Morgan fingerprint density at radius 1 is 0.823 bits per heavy atom. The molecule has 3 aromatic heterocycles. The second-order valence-corrected chi connectivity index (χ2v) is 14.9. The van der Waals surface area contributed by atoms with Gasteiger partial charge in [0.25, 0.3) is 5.88 Å². The van der Waals surface area contributed by atoms with Crippen LogP contribution in [0.4, 0.5) is 11.6 Å². The summed E-state index contributed by atoms with van der Waals surface area (Å²) in [6, 6.07) is 8.45. The molecule has 4 heterocycles. The Morgan fingerprint density at radius 2 is 1.47 bits per heavy atom. The number of nitriles is 1. The van der Waals surface area contributed by atoms with Crippen molar-refractivity contribution in [2.45, 2.75) is 63.8 Å². The number of morpholine rings is 1. The SMILES string of the molecule is COCCOCCOCCOCCOCCOCCCOc1nn(C2CCC(N3CCOCC3)CC2)cc1Nc1ncc(-c2ccc(C#N)c(O[C@@H](C)Cn3cnnn3)c2)cn1. The fourth-order valence-corrected chi connectivity index (χ4v) is 7.17. The van der Waals surface area contributed by atoms with Gasteiger partial charge in [-0.3, -0.25) is 9.58 Å². The molecular weight excluding hydrogens is 803 g/mol. The molecular formula is C42H61N11O9. The average molecular weight is 864 g/mol. The molecule has 1 aliphatic heterocycles. The van der Waals surface area contributed by atoms with Crippen molar-refractivity contribution in [2.24, 2.45) is 0 Å². The normalized spacial score (nSPS) is 17.4. The van der Waals surface area contributed by atoms with Crippen molar-refractivity contribution in [3.63, 3.8) is 0 Å². The van der Waals surface area contributed by atoms with Crippen molar-refractivity contribution in [1.29, 1.82) is 5.26 Å². The quantitative estimate of drug-likeness (QED) is 0.0771. The minimum atomic E-state index is -0.287. The van der Waals surface area contributed by atoms with Crippen LogP contribution in [-0.2, 0) is 39.7 Å². The molecule has 0 bridgehead atoms. The smallest absolute Gasteiger partial charge is 0.256 e. The Kier molecular flexibility index (Phi) is 20.0. The second kappa shape index (κ2) is 26.6. The molecule has 62 heavy (non-hydrogen) atoms. The van der Waals surface area contributed by atoms with E-state index in [1.165, 1.54) is 6.33 Å². The first kappa shape index (κ1) is 46.6. The van der Waals surface area contributed by atoms with Crippen molar-refractivity contribution in [3.05, 3.63) is 48.7 Å². The van der Waals surface area contributed by atoms with Gasteiger partial charge in [-0.2, -0.15) is 5.26 Å². The molecule has 2 aliphatic rings. The highest BCUT2D eigenvalue weighted by molar-refractivity contribution is 5.67. The summed E-state index contributed by atoms with van der Waals surface area (Å²) in [7, 11) is 1.65. The summed E-state index contributed by atoms with van der Waals surface area (Å²) in [6.07, 6.45) is 11.7. The van der Waals surface area contributed by atoms with Gasteiger partial charge >= 0.3 is 0 Å². The van der Waals surface area contributed by atoms with Crippen molar-refractivity contribution in [1.82, 2.24) is 44.9 Å². The summed E-state index contributed by atoms with van der Waals surface area (Å²) in [5.41, 5.74) is 2.68. The highest BCUT2D eigenvalue weighted by atomic mass is 16.6. The van der Waals surface area contributed by atoms with Crippen LogP contribution < -0.4 is 14.8 Å². The number of methoxy groups -OCH3 is 1. The lowest BCUT2D eigenvalue weighted by Crippen LogP contribution is -2.45. The van der Waals surface area contributed by atoms with Gasteiger partial charge in [0.2, 0.25) is 5.95 Å². The van der Waals surface area contributed by atoms with Crippen molar-refractivity contribution >= 4 is 11.6 Å². The van der Waals surface area contributed by atoms with E-state index in [9.17, 15) is 5.26 Å². The van der Waals surface area contributed by atoms with Crippen LogP contribution in [0.3, 0.4) is 0 Å². The third-order valence-electron chi connectivity index (χ3n) is 10.4. The van der Waals surface area contributed by atoms with Gasteiger partial charge in [-0.05, 0) is 60.7 Å². The number of ether oxygens (including phenoxy) is 9. The van der Waals surface area contributed by atoms with Crippen LogP contribution in [0.5, 0.6) is 11.6 Å². The lowest BCUT2D eigenvalue weighted by atomic mass is 9.90. The Morgan fingerprint density at radius 3 is 2.10 bits per heavy atom. The maximum Gasteiger partial charge on any atom is 0.256 e. The molecule has 0 unspecified atom stereocenters. The van der Waals surface area contributed by atoms with Gasteiger partial charge in [0.1, 0.15) is 29.9 Å². The number of anilines is 2. The largest absolute Gasteiger partial charge is 0.487 e. The maximum atomic E-state index is 9.74. The number of rotatable bonds is 29. The first-order valence-corrected chi connectivity index (χ1v) is 21.5. The zero-order chi connectivity index (χ0) is 43.0. The van der Waals surface area contributed by atoms with E-state index in [0.717, 1.165) is 63.1 Å². The van der Waals surface area contributed by atoms with E-state index in [1.54, 1.807) is 30.3 Å². The van der Waals surface area contributed by atoms with Crippen molar-refractivity contribution in [2.75, 3.05) is 118 Å². The topological polar surface area (TPSA) is 209 Å². The van der Waals surface area contributed by atoms with E-state index in [-0.39, 0.29) is 12.1 Å². The van der Waals surface area contributed by atoms with Crippen LogP contribution in [0.1, 0.15) is 50.6 Å². The molecule has 1 saturated heterocycles. The van der Waals surface area contributed by atoms with E-state index in [4.69, 9.17) is 47.7 Å². The van der Waals surface area contributed by atoms with E-state index in [2.05, 4.69) is 41.8 Å². The zero-order valence-corrected chi connectivity index (χ0v) is 36.0. The molecule has 338 valence electrons. The minimum Gasteiger partial charge on any atom is -0.487 e. The molecule has 0 amide bonds. The van der Waals surface area contributed by atoms with Crippen LogP contribution in [0.25, 0.3) is 11.1 Å². The summed E-state index contributed by atoms with van der Waals surface area (Å²) >= 11 is 0. The van der Waals surface area contributed by atoms with Gasteiger partial charge in [0.05, 0.1) is 110 Å². The third-order valence-corrected chi connectivity index (χ3v) is 10.4. The predicted molar refractivity (Wildman–Crippen MR) is 225 cm³/mol. The fourth-order valence-electron chi connectivity index (χ4n) is 7.17. The Bertz CT molecular complexity index is 1870. The first-order chi connectivity index (χ1) is 30.6. The van der Waals surface area contributed by atoms with E-state index < -0.39 is 0 Å². The molecule has 0 spiro atoms. The summed E-state index contributed by atoms with van der Waals surface area (Å²) in [5.74, 6) is 1.34. The molecule has 1 aliphatic carbocycles. The van der Waals surface area contributed by atoms with Crippen LogP contribution in [-0.4, -0.2) is 170 Å². The number of nitrogens with zero attached hydrogens (tertiary/aromatic N) is 10. The number of benzene rings is 1. The molecule has 20 heteroatoms. The number of hydrogen-bond donors (Lipinski definition) is 1. The summed E-state index contributed by atoms with van der Waals surface area (Å²) < 4.78 is 54.3. The molecule has 0 radical (unpaired) electrons. The highest BCUT2D eigenvalue weighted by Gasteiger charge is 2.29. The average Bonchev–Trinajstić information content (AvgIpc) is 3.97. The molecule has 1 N–H and O–H groups in total. The summed E-state index contributed by atoms with van der Waals surface area (Å²) in [6.45, 7) is 12.0. The van der Waals surface area contributed by atoms with E-state index in [0.29, 0.717) is 127 Å². The molecule has 1 saturated carbocycles. The molecule has 4 aromatic rings. The third kappa shape index (κ3) is 15.5. The predicted octanol–water partition coefficient (Wildman–Crippen LogP) is 3.72. The minimum absolute atomic E-state index is 0.260. The fraction of sp³-hybridized carbons (Fsp3) is 0.643. The first-order valence-electron chi connectivity index (χ1n) is 21.5. The van der Waals surface area contributed by atoms with Crippen LogP contribution in [0.15, 0.2) is 43.1 Å². The highest BCUT2D eigenvalue weighted by Crippen LogP contribution is 2.35. The monoisotopic (exact) mass is 863 g/mol. The summed E-state index contributed by atoms with van der Waals surface area (Å²) in [4.78, 5) is 11.8. The van der Waals surface area contributed by atoms with Crippen LogP contribution >= 0.6 is 0 Å². The van der Waals surface area contributed by atoms with Gasteiger partial charge in [0, 0.05) is 57.2 Å². The number of tetrazole rings is 1. The number of nitrogens with one attached hydrogen (secondary N) is 1. The molecule has 2 fully saturated rings. The molecule has 1 aromatic carbocycles. The Labute approximate surface area is 363 Å². The lowest BCUT2D eigenvalue weighted by molar-refractivity contribution is -0.0150. The molecule has 1 atom stereocenters. The zero-order valence-electron chi connectivity index (χ0n) is 36.0. The van der Waals surface area contributed by atoms with Gasteiger partial charge in [-0.1, -0.05) is 6.07 Å². The Hall–Kier alpha value is -4.85. The van der Waals surface area contributed by atoms with Gasteiger partial charge in [-0.15, -0.1) is 10.2 Å². The number of aromatic nitrogens is 8.